The van der Waals surface area contributed by atoms with Crippen molar-refractivity contribution in [3.05, 3.63) is 71.5 Å². The predicted molar refractivity (Wildman–Crippen MR) is 91.1 cm³/mol. The van der Waals surface area contributed by atoms with Crippen molar-refractivity contribution >= 4 is 22.8 Å². The fourth-order valence-corrected chi connectivity index (χ4v) is 2.51. The van der Waals surface area contributed by atoms with Gasteiger partial charge in [0.1, 0.15) is 5.58 Å². The maximum Gasteiger partial charge on any atom is 0.242 e. The Morgan fingerprint density at radius 3 is 2.42 bits per heavy atom. The van der Waals surface area contributed by atoms with Crippen LogP contribution in [0.4, 0.5) is 0 Å². The molecule has 5 heteroatoms. The van der Waals surface area contributed by atoms with Crippen LogP contribution in [0.5, 0.6) is 0 Å². The molecule has 0 radical (unpaired) electrons. The number of furan rings is 1. The van der Waals surface area contributed by atoms with Gasteiger partial charge >= 0.3 is 0 Å². The van der Waals surface area contributed by atoms with Gasteiger partial charge in [-0.1, -0.05) is 42.5 Å². The van der Waals surface area contributed by atoms with E-state index < -0.39 is 0 Å². The summed E-state index contributed by atoms with van der Waals surface area (Å²) in [5.74, 6) is -0.554. The largest absolute Gasteiger partial charge is 0.464 e. The summed E-state index contributed by atoms with van der Waals surface area (Å²) in [5.41, 5.74) is 8.40. The second-order valence-electron chi connectivity index (χ2n) is 5.70. The van der Waals surface area contributed by atoms with Gasteiger partial charge in [0.25, 0.3) is 0 Å². The van der Waals surface area contributed by atoms with E-state index in [2.05, 4.69) is 10.9 Å². The van der Waals surface area contributed by atoms with Crippen molar-refractivity contribution in [2.24, 2.45) is 0 Å². The van der Waals surface area contributed by atoms with Crippen LogP contribution in [0.2, 0.25) is 0 Å². The zero-order valence-electron chi connectivity index (χ0n) is 13.3. The SMILES string of the molecule is Cc1ccc2c(CC(=O)NNC(=O)Cc3ccccc3)coc2c1. The van der Waals surface area contributed by atoms with E-state index >= 15 is 0 Å². The van der Waals surface area contributed by atoms with E-state index in [9.17, 15) is 9.59 Å². The van der Waals surface area contributed by atoms with Crippen molar-refractivity contribution in [2.75, 3.05) is 0 Å². The number of carbonyl (C=O) groups excluding carboxylic acids is 2. The maximum atomic E-state index is 12.0. The highest BCUT2D eigenvalue weighted by Crippen LogP contribution is 2.22. The first-order valence-corrected chi connectivity index (χ1v) is 7.70. The Kier molecular flexibility index (Phi) is 4.61. The molecule has 3 aromatic rings. The number of fused-ring (bicyclic) bond motifs is 1. The number of amides is 2. The first-order chi connectivity index (χ1) is 11.6. The molecule has 0 spiro atoms. The van der Waals surface area contributed by atoms with Crippen LogP contribution in [-0.4, -0.2) is 11.8 Å². The van der Waals surface area contributed by atoms with Gasteiger partial charge in [0.2, 0.25) is 11.8 Å². The van der Waals surface area contributed by atoms with Gasteiger partial charge in [-0.3, -0.25) is 20.4 Å². The average molecular weight is 322 g/mol. The van der Waals surface area contributed by atoms with Gasteiger partial charge in [-0.2, -0.15) is 0 Å². The predicted octanol–water partition coefficient (Wildman–Crippen LogP) is 2.67. The number of carbonyl (C=O) groups is 2. The number of benzene rings is 2. The van der Waals surface area contributed by atoms with Crippen LogP contribution in [0.25, 0.3) is 11.0 Å². The number of nitrogens with one attached hydrogen (secondary N) is 2. The highest BCUT2D eigenvalue weighted by Gasteiger charge is 2.11. The van der Waals surface area contributed by atoms with Crippen molar-refractivity contribution in [1.82, 2.24) is 10.9 Å². The summed E-state index contributed by atoms with van der Waals surface area (Å²) in [5, 5.41) is 0.909. The van der Waals surface area contributed by atoms with Gasteiger partial charge in [0.05, 0.1) is 19.1 Å². The molecule has 1 heterocycles. The molecule has 5 nitrogen and oxygen atoms in total. The molecule has 2 N–H and O–H groups in total. The number of rotatable bonds is 4. The molecule has 0 aliphatic carbocycles. The van der Waals surface area contributed by atoms with E-state index in [0.717, 1.165) is 27.7 Å². The lowest BCUT2D eigenvalue weighted by Gasteiger charge is -2.07. The minimum Gasteiger partial charge on any atom is -0.464 e. The summed E-state index contributed by atoms with van der Waals surface area (Å²) in [6, 6.07) is 15.2. The molecular weight excluding hydrogens is 304 g/mol. The molecule has 0 atom stereocenters. The molecule has 122 valence electrons. The Labute approximate surface area is 139 Å². The van der Waals surface area contributed by atoms with Crippen molar-refractivity contribution in [1.29, 1.82) is 0 Å². The highest BCUT2D eigenvalue weighted by molar-refractivity contribution is 5.89. The lowest BCUT2D eigenvalue weighted by molar-refractivity contribution is -0.128. The normalized spacial score (nSPS) is 10.5. The Hall–Kier alpha value is -3.08. The summed E-state index contributed by atoms with van der Waals surface area (Å²) >= 11 is 0. The zero-order valence-corrected chi connectivity index (χ0v) is 13.3. The molecular formula is C19H18N2O3. The van der Waals surface area contributed by atoms with E-state index in [-0.39, 0.29) is 24.7 Å². The molecule has 0 saturated carbocycles. The Balaban J connectivity index is 1.54. The second-order valence-corrected chi connectivity index (χ2v) is 5.70. The van der Waals surface area contributed by atoms with Crippen molar-refractivity contribution in [2.45, 2.75) is 19.8 Å². The molecule has 2 aromatic carbocycles. The van der Waals surface area contributed by atoms with Crippen molar-refractivity contribution in [3.63, 3.8) is 0 Å². The third kappa shape index (κ3) is 3.81. The van der Waals surface area contributed by atoms with Crippen LogP contribution in [0.15, 0.2) is 59.2 Å². The van der Waals surface area contributed by atoms with Crippen LogP contribution in [0, 0.1) is 6.92 Å². The highest BCUT2D eigenvalue weighted by atomic mass is 16.3. The lowest BCUT2D eigenvalue weighted by Crippen LogP contribution is -2.43. The smallest absolute Gasteiger partial charge is 0.242 e. The van der Waals surface area contributed by atoms with Gasteiger partial charge < -0.3 is 4.42 Å². The van der Waals surface area contributed by atoms with Crippen LogP contribution in [0.3, 0.4) is 0 Å². The standard InChI is InChI=1S/C19H18N2O3/c1-13-7-8-16-15(12-24-17(16)9-13)11-19(23)21-20-18(22)10-14-5-3-2-4-6-14/h2-9,12H,10-11H2,1H3,(H,20,22)(H,21,23). The number of aryl methyl sites for hydroxylation is 1. The van der Waals surface area contributed by atoms with Gasteiger partial charge in [0, 0.05) is 10.9 Å². The first kappa shape index (κ1) is 15.8. The minimum atomic E-state index is -0.292. The number of hydrogen-bond acceptors (Lipinski definition) is 3. The lowest BCUT2D eigenvalue weighted by atomic mass is 10.1. The Morgan fingerprint density at radius 2 is 1.67 bits per heavy atom. The molecule has 0 unspecified atom stereocenters. The topological polar surface area (TPSA) is 71.3 Å². The molecule has 1 aromatic heterocycles. The van der Waals surface area contributed by atoms with E-state index in [1.54, 1.807) is 6.26 Å². The van der Waals surface area contributed by atoms with Gasteiger partial charge in [0.15, 0.2) is 0 Å². The third-order valence-electron chi connectivity index (χ3n) is 3.71. The fraction of sp³-hybridized carbons (Fsp3) is 0.158. The molecule has 0 aliphatic heterocycles. The van der Waals surface area contributed by atoms with Gasteiger partial charge in [-0.15, -0.1) is 0 Å². The van der Waals surface area contributed by atoms with Crippen molar-refractivity contribution in [3.8, 4) is 0 Å². The molecule has 0 saturated heterocycles. The zero-order chi connectivity index (χ0) is 16.9. The molecule has 0 fully saturated rings. The average Bonchev–Trinajstić information content (AvgIpc) is 2.96. The van der Waals surface area contributed by atoms with Gasteiger partial charge in [-0.25, -0.2) is 0 Å². The second kappa shape index (κ2) is 7.00. The Morgan fingerprint density at radius 1 is 0.958 bits per heavy atom. The van der Waals surface area contributed by atoms with E-state index in [1.807, 2.05) is 55.5 Å². The molecule has 0 bridgehead atoms. The molecule has 2 amide bonds. The Bertz CT molecular complexity index is 869. The van der Waals surface area contributed by atoms with Crippen LogP contribution in [0.1, 0.15) is 16.7 Å². The summed E-state index contributed by atoms with van der Waals surface area (Å²) in [4.78, 5) is 23.8. The van der Waals surface area contributed by atoms with Crippen LogP contribution < -0.4 is 10.9 Å². The maximum absolute atomic E-state index is 12.0. The monoisotopic (exact) mass is 322 g/mol. The van der Waals surface area contributed by atoms with E-state index in [4.69, 9.17) is 4.42 Å². The molecule has 24 heavy (non-hydrogen) atoms. The summed E-state index contributed by atoms with van der Waals surface area (Å²) in [7, 11) is 0. The van der Waals surface area contributed by atoms with E-state index in [0.29, 0.717) is 0 Å². The minimum absolute atomic E-state index is 0.141. The first-order valence-electron chi connectivity index (χ1n) is 7.70. The third-order valence-corrected chi connectivity index (χ3v) is 3.71. The fourth-order valence-electron chi connectivity index (χ4n) is 2.51. The summed E-state index contributed by atoms with van der Waals surface area (Å²) in [6.07, 6.45) is 1.94. The van der Waals surface area contributed by atoms with Crippen LogP contribution >= 0.6 is 0 Å². The number of hydrazine groups is 1. The summed E-state index contributed by atoms with van der Waals surface area (Å²) in [6.45, 7) is 1.98. The molecule has 3 rings (SSSR count). The van der Waals surface area contributed by atoms with Gasteiger partial charge in [-0.05, 0) is 24.1 Å². The molecule has 0 aliphatic rings. The quantitative estimate of drug-likeness (QED) is 0.726. The van der Waals surface area contributed by atoms with Crippen LogP contribution in [-0.2, 0) is 22.4 Å². The number of hydrogen-bond donors (Lipinski definition) is 2. The summed E-state index contributed by atoms with van der Waals surface area (Å²) < 4.78 is 5.47. The van der Waals surface area contributed by atoms with E-state index in [1.165, 1.54) is 0 Å². The van der Waals surface area contributed by atoms with Crippen molar-refractivity contribution < 1.29 is 14.0 Å².